The molecule has 0 aliphatic carbocycles. The van der Waals surface area contributed by atoms with E-state index in [9.17, 15) is 0 Å². The molecular weight excluding hydrogens is 124 g/mol. The molecule has 1 saturated heterocycles. The van der Waals surface area contributed by atoms with Crippen LogP contribution in [0.3, 0.4) is 0 Å². The van der Waals surface area contributed by atoms with E-state index in [1.165, 1.54) is 6.42 Å². The van der Waals surface area contributed by atoms with Crippen LogP contribution in [0, 0.1) is 11.8 Å². The van der Waals surface area contributed by atoms with E-state index in [1.807, 2.05) is 0 Å². The van der Waals surface area contributed by atoms with Crippen molar-refractivity contribution in [1.29, 1.82) is 0 Å². The first-order valence-corrected chi connectivity index (χ1v) is 4.16. The van der Waals surface area contributed by atoms with Crippen molar-refractivity contribution < 1.29 is 0 Å². The molecule has 0 amide bonds. The van der Waals surface area contributed by atoms with E-state index in [1.54, 1.807) is 0 Å². The van der Waals surface area contributed by atoms with Gasteiger partial charge in [-0.3, -0.25) is 0 Å². The van der Waals surface area contributed by atoms with E-state index < -0.39 is 0 Å². The predicted octanol–water partition coefficient (Wildman–Crippen LogP) is 0.579. The zero-order valence-electron chi connectivity index (χ0n) is 6.93. The second-order valence-electron chi connectivity index (χ2n) is 3.71. The highest BCUT2D eigenvalue weighted by molar-refractivity contribution is 4.84. The maximum absolute atomic E-state index is 5.86. The lowest BCUT2D eigenvalue weighted by Gasteiger charge is -2.15. The van der Waals surface area contributed by atoms with Gasteiger partial charge < -0.3 is 11.1 Å². The summed E-state index contributed by atoms with van der Waals surface area (Å²) in [4.78, 5) is 0. The van der Waals surface area contributed by atoms with Gasteiger partial charge in [-0.05, 0) is 24.8 Å². The van der Waals surface area contributed by atoms with Gasteiger partial charge in [0.2, 0.25) is 0 Å². The Labute approximate surface area is 63.2 Å². The minimum absolute atomic E-state index is 0.405. The van der Waals surface area contributed by atoms with E-state index in [0.717, 1.165) is 24.9 Å². The first-order chi connectivity index (χ1) is 4.70. The Bertz CT molecular complexity index is 101. The van der Waals surface area contributed by atoms with Gasteiger partial charge in [0.05, 0.1) is 0 Å². The van der Waals surface area contributed by atoms with Crippen molar-refractivity contribution in [1.82, 2.24) is 5.32 Å². The van der Waals surface area contributed by atoms with Gasteiger partial charge in [0.25, 0.3) is 0 Å². The van der Waals surface area contributed by atoms with Crippen molar-refractivity contribution in [2.45, 2.75) is 26.3 Å². The Morgan fingerprint density at radius 2 is 2.20 bits per heavy atom. The molecule has 1 heterocycles. The van der Waals surface area contributed by atoms with Crippen molar-refractivity contribution >= 4 is 0 Å². The van der Waals surface area contributed by atoms with Crippen LogP contribution >= 0.6 is 0 Å². The van der Waals surface area contributed by atoms with Crippen LogP contribution in [-0.2, 0) is 0 Å². The molecule has 0 saturated carbocycles. The monoisotopic (exact) mass is 142 g/mol. The molecule has 0 aromatic carbocycles. The Morgan fingerprint density at radius 3 is 2.60 bits per heavy atom. The van der Waals surface area contributed by atoms with Crippen molar-refractivity contribution in [3.05, 3.63) is 0 Å². The normalized spacial score (nSPS) is 33.6. The summed E-state index contributed by atoms with van der Waals surface area (Å²) < 4.78 is 0. The highest BCUT2D eigenvalue weighted by Crippen LogP contribution is 2.16. The van der Waals surface area contributed by atoms with E-state index in [0.29, 0.717) is 6.04 Å². The van der Waals surface area contributed by atoms with E-state index in [2.05, 4.69) is 19.2 Å². The summed E-state index contributed by atoms with van der Waals surface area (Å²) in [6.07, 6.45) is 1.27. The molecule has 1 rings (SSSR count). The lowest BCUT2D eigenvalue weighted by molar-refractivity contribution is 0.405. The summed E-state index contributed by atoms with van der Waals surface area (Å²) >= 11 is 0. The summed E-state index contributed by atoms with van der Waals surface area (Å²) in [5.74, 6) is 1.51. The van der Waals surface area contributed by atoms with Gasteiger partial charge >= 0.3 is 0 Å². The molecule has 0 radical (unpaired) electrons. The number of hydrogen-bond donors (Lipinski definition) is 2. The maximum Gasteiger partial charge on any atom is 0.0206 e. The van der Waals surface area contributed by atoms with E-state index in [-0.39, 0.29) is 0 Å². The molecule has 0 aromatic heterocycles. The Morgan fingerprint density at radius 1 is 1.50 bits per heavy atom. The molecule has 0 spiro atoms. The zero-order valence-corrected chi connectivity index (χ0v) is 6.93. The molecular formula is C8H18N2. The fraction of sp³-hybridized carbons (Fsp3) is 1.00. The first-order valence-electron chi connectivity index (χ1n) is 4.16. The van der Waals surface area contributed by atoms with Gasteiger partial charge in [-0.25, -0.2) is 0 Å². The summed E-state index contributed by atoms with van der Waals surface area (Å²) in [6.45, 7) is 6.65. The van der Waals surface area contributed by atoms with Crippen LogP contribution in [0.4, 0.5) is 0 Å². The fourth-order valence-corrected chi connectivity index (χ4v) is 1.62. The van der Waals surface area contributed by atoms with Crippen molar-refractivity contribution in [2.24, 2.45) is 17.6 Å². The topological polar surface area (TPSA) is 38.0 Å². The summed E-state index contributed by atoms with van der Waals surface area (Å²) in [5.41, 5.74) is 5.86. The van der Waals surface area contributed by atoms with Crippen LogP contribution < -0.4 is 11.1 Å². The molecule has 1 aliphatic rings. The Kier molecular flexibility index (Phi) is 2.69. The predicted molar refractivity (Wildman–Crippen MR) is 43.8 cm³/mol. The molecule has 2 nitrogen and oxygen atoms in total. The van der Waals surface area contributed by atoms with Crippen molar-refractivity contribution in [3.63, 3.8) is 0 Å². The van der Waals surface area contributed by atoms with Gasteiger partial charge in [-0.15, -0.1) is 0 Å². The largest absolute Gasteiger partial charge is 0.326 e. The number of rotatable bonds is 2. The average molecular weight is 142 g/mol. The van der Waals surface area contributed by atoms with Crippen LogP contribution in [0.25, 0.3) is 0 Å². The fourth-order valence-electron chi connectivity index (χ4n) is 1.62. The van der Waals surface area contributed by atoms with Crippen molar-refractivity contribution in [2.75, 3.05) is 13.1 Å². The van der Waals surface area contributed by atoms with Crippen LogP contribution in [0.1, 0.15) is 20.3 Å². The number of nitrogens with one attached hydrogen (secondary N) is 1. The summed E-state index contributed by atoms with van der Waals surface area (Å²) in [5, 5.41) is 3.30. The molecule has 60 valence electrons. The van der Waals surface area contributed by atoms with Gasteiger partial charge in [0.1, 0.15) is 0 Å². The summed E-state index contributed by atoms with van der Waals surface area (Å²) in [7, 11) is 0. The van der Waals surface area contributed by atoms with Crippen LogP contribution in [-0.4, -0.2) is 19.1 Å². The SMILES string of the molecule is CC(C)C[C@@H]1CNC[C@@H]1N. The lowest BCUT2D eigenvalue weighted by Crippen LogP contribution is -2.29. The quantitative estimate of drug-likeness (QED) is 0.592. The molecule has 1 fully saturated rings. The number of nitrogens with two attached hydrogens (primary N) is 1. The third-order valence-corrected chi connectivity index (χ3v) is 2.17. The minimum Gasteiger partial charge on any atom is -0.326 e. The second-order valence-corrected chi connectivity index (χ2v) is 3.71. The Balaban J connectivity index is 2.26. The smallest absolute Gasteiger partial charge is 0.0206 e. The van der Waals surface area contributed by atoms with Crippen molar-refractivity contribution in [3.8, 4) is 0 Å². The molecule has 1 aliphatic heterocycles. The third kappa shape index (κ3) is 1.96. The van der Waals surface area contributed by atoms with Crippen LogP contribution in [0.5, 0.6) is 0 Å². The van der Waals surface area contributed by atoms with E-state index in [4.69, 9.17) is 5.73 Å². The molecule has 3 N–H and O–H groups in total. The van der Waals surface area contributed by atoms with Crippen LogP contribution in [0.15, 0.2) is 0 Å². The van der Waals surface area contributed by atoms with Gasteiger partial charge in [-0.1, -0.05) is 13.8 Å². The van der Waals surface area contributed by atoms with Gasteiger partial charge in [0, 0.05) is 12.6 Å². The zero-order chi connectivity index (χ0) is 7.56. The van der Waals surface area contributed by atoms with Gasteiger partial charge in [0.15, 0.2) is 0 Å². The van der Waals surface area contributed by atoms with Gasteiger partial charge in [-0.2, -0.15) is 0 Å². The molecule has 2 atom stereocenters. The molecule has 0 aromatic rings. The number of hydrogen-bond acceptors (Lipinski definition) is 2. The second kappa shape index (κ2) is 3.35. The standard InChI is InChI=1S/C8H18N2/c1-6(2)3-7-4-10-5-8(7)9/h6-8,10H,3-5,9H2,1-2H3/t7-,8+/m1/s1. The molecule has 10 heavy (non-hydrogen) atoms. The summed E-state index contributed by atoms with van der Waals surface area (Å²) in [6, 6.07) is 0.405. The molecule has 0 unspecified atom stereocenters. The third-order valence-electron chi connectivity index (χ3n) is 2.17. The Hall–Kier alpha value is -0.0800. The molecule has 0 bridgehead atoms. The lowest BCUT2D eigenvalue weighted by atomic mass is 9.94. The highest BCUT2D eigenvalue weighted by Gasteiger charge is 2.23. The maximum atomic E-state index is 5.86. The minimum atomic E-state index is 0.405. The van der Waals surface area contributed by atoms with Crippen LogP contribution in [0.2, 0.25) is 0 Å². The average Bonchev–Trinajstić information content (AvgIpc) is 2.15. The highest BCUT2D eigenvalue weighted by atomic mass is 15.0. The molecule has 2 heteroatoms. The van der Waals surface area contributed by atoms with E-state index >= 15 is 0 Å². The first kappa shape index (κ1) is 8.02.